The Labute approximate surface area is 138 Å². The fourth-order valence-corrected chi connectivity index (χ4v) is 2.43. The van der Waals surface area contributed by atoms with E-state index in [1.807, 2.05) is 6.07 Å². The van der Waals surface area contributed by atoms with Crippen LogP contribution in [0.25, 0.3) is 0 Å². The van der Waals surface area contributed by atoms with Gasteiger partial charge >= 0.3 is 0 Å². The number of hydrogen-bond donors (Lipinski definition) is 2. The van der Waals surface area contributed by atoms with Gasteiger partial charge in [-0.25, -0.2) is 0 Å². The Hall–Kier alpha value is -2.87. The van der Waals surface area contributed by atoms with E-state index < -0.39 is 5.91 Å². The van der Waals surface area contributed by atoms with Gasteiger partial charge in [0.25, 0.3) is 11.8 Å². The molecule has 2 aromatic rings. The number of nitrogens with two attached hydrogens (primary N) is 1. The number of primary amides is 1. The lowest BCUT2D eigenvalue weighted by atomic mass is 10.2. The largest absolute Gasteiger partial charge is 0.454 e. The van der Waals surface area contributed by atoms with Gasteiger partial charge in [0.1, 0.15) is 11.5 Å². The number of nitrogens with one attached hydrogen (secondary N) is 1. The van der Waals surface area contributed by atoms with Crippen LogP contribution in [-0.2, 0) is 11.3 Å². The average molecular weight is 330 g/mol. The second-order valence-electron chi connectivity index (χ2n) is 5.31. The zero-order chi connectivity index (χ0) is 16.9. The summed E-state index contributed by atoms with van der Waals surface area (Å²) < 4.78 is 10.5. The van der Waals surface area contributed by atoms with E-state index in [-0.39, 0.29) is 18.2 Å². The van der Waals surface area contributed by atoms with Crippen molar-refractivity contribution in [2.45, 2.75) is 6.54 Å². The highest BCUT2D eigenvalue weighted by Crippen LogP contribution is 2.16. The molecule has 1 fully saturated rings. The lowest BCUT2D eigenvalue weighted by Gasteiger charge is -2.28. The molecule has 8 nitrogen and oxygen atoms in total. The molecule has 1 aliphatic rings. The Morgan fingerprint density at radius 2 is 2.04 bits per heavy atom. The summed E-state index contributed by atoms with van der Waals surface area (Å²) in [4.78, 5) is 29.5. The van der Waals surface area contributed by atoms with Crippen LogP contribution in [0.3, 0.4) is 0 Å². The van der Waals surface area contributed by atoms with Crippen molar-refractivity contribution in [2.24, 2.45) is 5.73 Å². The number of anilines is 1. The Morgan fingerprint density at radius 3 is 2.75 bits per heavy atom. The lowest BCUT2D eigenvalue weighted by Crippen LogP contribution is -2.36. The van der Waals surface area contributed by atoms with Gasteiger partial charge in [-0.05, 0) is 24.3 Å². The molecule has 3 heterocycles. The second kappa shape index (κ2) is 7.14. The summed E-state index contributed by atoms with van der Waals surface area (Å²) in [6.07, 6.45) is 1.61. The number of pyridine rings is 1. The molecule has 24 heavy (non-hydrogen) atoms. The van der Waals surface area contributed by atoms with Crippen LogP contribution in [0.4, 0.5) is 5.69 Å². The first kappa shape index (κ1) is 16.0. The van der Waals surface area contributed by atoms with Gasteiger partial charge in [-0.3, -0.25) is 14.6 Å². The number of rotatable bonds is 5. The van der Waals surface area contributed by atoms with E-state index in [0.717, 1.165) is 18.8 Å². The molecule has 3 N–H and O–H groups in total. The molecule has 0 atom stereocenters. The summed E-state index contributed by atoms with van der Waals surface area (Å²) in [5, 5.41) is 2.71. The number of nitrogens with zero attached hydrogens (tertiary/aromatic N) is 2. The molecular formula is C16H18N4O4. The van der Waals surface area contributed by atoms with E-state index in [4.69, 9.17) is 14.9 Å². The molecule has 126 valence electrons. The van der Waals surface area contributed by atoms with Crippen LogP contribution >= 0.6 is 0 Å². The molecule has 3 rings (SSSR count). The predicted octanol–water partition coefficient (Wildman–Crippen LogP) is 0.540. The van der Waals surface area contributed by atoms with E-state index in [1.54, 1.807) is 18.3 Å². The molecule has 0 aromatic carbocycles. The molecule has 0 saturated carbocycles. The van der Waals surface area contributed by atoms with Crippen LogP contribution in [0.1, 0.15) is 26.8 Å². The summed E-state index contributed by atoms with van der Waals surface area (Å²) in [5.74, 6) is -0.456. The molecule has 2 amide bonds. The third kappa shape index (κ3) is 3.72. The SMILES string of the molecule is NC(=O)c1ccc(CNC(=O)c2cc(N3CCOCC3)ccn2)o1. The highest BCUT2D eigenvalue weighted by atomic mass is 16.5. The maximum Gasteiger partial charge on any atom is 0.284 e. The van der Waals surface area contributed by atoms with Crippen LogP contribution in [0.2, 0.25) is 0 Å². The molecule has 8 heteroatoms. The highest BCUT2D eigenvalue weighted by molar-refractivity contribution is 5.93. The number of carbonyl (C=O) groups is 2. The molecule has 0 radical (unpaired) electrons. The molecule has 0 bridgehead atoms. The summed E-state index contributed by atoms with van der Waals surface area (Å²) >= 11 is 0. The summed E-state index contributed by atoms with van der Waals surface area (Å²) in [6.45, 7) is 3.06. The minimum atomic E-state index is -0.646. The standard InChI is InChI=1S/C16H18N4O4/c17-15(21)14-2-1-12(24-14)10-19-16(22)13-9-11(3-4-18-13)20-5-7-23-8-6-20/h1-4,9H,5-8,10H2,(H2,17,21)(H,19,22). The van der Waals surface area contributed by atoms with Gasteiger partial charge in [-0.15, -0.1) is 0 Å². The first-order valence-electron chi connectivity index (χ1n) is 7.59. The van der Waals surface area contributed by atoms with Crippen molar-refractivity contribution in [3.05, 3.63) is 47.7 Å². The van der Waals surface area contributed by atoms with Crippen LogP contribution in [-0.4, -0.2) is 43.1 Å². The van der Waals surface area contributed by atoms with E-state index >= 15 is 0 Å². The minimum absolute atomic E-state index is 0.0617. The van der Waals surface area contributed by atoms with Crippen molar-refractivity contribution >= 4 is 17.5 Å². The maximum atomic E-state index is 12.2. The first-order valence-corrected chi connectivity index (χ1v) is 7.59. The topological polar surface area (TPSA) is 111 Å². The minimum Gasteiger partial charge on any atom is -0.454 e. The smallest absolute Gasteiger partial charge is 0.284 e. The Balaban J connectivity index is 1.62. The number of furan rings is 1. The number of carbonyl (C=O) groups excluding carboxylic acids is 2. The fraction of sp³-hybridized carbons (Fsp3) is 0.312. The molecular weight excluding hydrogens is 312 g/mol. The van der Waals surface area contributed by atoms with Crippen molar-refractivity contribution < 1.29 is 18.7 Å². The molecule has 1 saturated heterocycles. The van der Waals surface area contributed by atoms with E-state index in [9.17, 15) is 9.59 Å². The van der Waals surface area contributed by atoms with Crippen molar-refractivity contribution in [1.82, 2.24) is 10.3 Å². The van der Waals surface area contributed by atoms with Crippen LogP contribution in [0, 0.1) is 0 Å². The van der Waals surface area contributed by atoms with Crippen molar-refractivity contribution in [3.63, 3.8) is 0 Å². The number of morpholine rings is 1. The normalized spacial score (nSPS) is 14.4. The third-order valence-electron chi connectivity index (χ3n) is 3.68. The molecule has 1 aliphatic heterocycles. The van der Waals surface area contributed by atoms with Crippen LogP contribution < -0.4 is 16.0 Å². The average Bonchev–Trinajstić information content (AvgIpc) is 3.10. The Bertz CT molecular complexity index is 737. The molecule has 0 unspecified atom stereocenters. The lowest BCUT2D eigenvalue weighted by molar-refractivity contribution is 0.0943. The van der Waals surface area contributed by atoms with Crippen LogP contribution in [0.15, 0.2) is 34.9 Å². The number of aromatic nitrogens is 1. The van der Waals surface area contributed by atoms with Crippen molar-refractivity contribution in [1.29, 1.82) is 0 Å². The van der Waals surface area contributed by atoms with Gasteiger partial charge in [0.2, 0.25) is 0 Å². The van der Waals surface area contributed by atoms with E-state index in [2.05, 4.69) is 15.2 Å². The zero-order valence-electron chi connectivity index (χ0n) is 13.0. The van der Waals surface area contributed by atoms with Gasteiger partial charge in [0, 0.05) is 25.0 Å². The van der Waals surface area contributed by atoms with Crippen molar-refractivity contribution in [3.8, 4) is 0 Å². The first-order chi connectivity index (χ1) is 11.6. The van der Waals surface area contributed by atoms with Crippen molar-refractivity contribution in [2.75, 3.05) is 31.2 Å². The monoisotopic (exact) mass is 330 g/mol. The van der Waals surface area contributed by atoms with Gasteiger partial charge in [0.05, 0.1) is 19.8 Å². The zero-order valence-corrected chi connectivity index (χ0v) is 13.0. The van der Waals surface area contributed by atoms with Gasteiger partial charge in [-0.1, -0.05) is 0 Å². The Kier molecular flexibility index (Phi) is 4.76. The van der Waals surface area contributed by atoms with Crippen LogP contribution in [0.5, 0.6) is 0 Å². The third-order valence-corrected chi connectivity index (χ3v) is 3.68. The van der Waals surface area contributed by atoms with E-state index in [0.29, 0.717) is 24.7 Å². The predicted molar refractivity (Wildman–Crippen MR) is 85.7 cm³/mol. The summed E-state index contributed by atoms with van der Waals surface area (Å²) in [6, 6.07) is 6.68. The number of ether oxygens (including phenoxy) is 1. The second-order valence-corrected chi connectivity index (χ2v) is 5.31. The number of amides is 2. The van der Waals surface area contributed by atoms with E-state index in [1.165, 1.54) is 6.07 Å². The van der Waals surface area contributed by atoms with Gasteiger partial charge < -0.3 is 25.1 Å². The maximum absolute atomic E-state index is 12.2. The number of hydrogen-bond acceptors (Lipinski definition) is 6. The molecule has 0 spiro atoms. The highest BCUT2D eigenvalue weighted by Gasteiger charge is 2.15. The van der Waals surface area contributed by atoms with Gasteiger partial charge in [0.15, 0.2) is 5.76 Å². The summed E-state index contributed by atoms with van der Waals surface area (Å²) in [5.41, 5.74) is 6.38. The molecule has 0 aliphatic carbocycles. The fourth-order valence-electron chi connectivity index (χ4n) is 2.43. The summed E-state index contributed by atoms with van der Waals surface area (Å²) in [7, 11) is 0. The van der Waals surface area contributed by atoms with Gasteiger partial charge in [-0.2, -0.15) is 0 Å². The molecule has 2 aromatic heterocycles. The quantitative estimate of drug-likeness (QED) is 0.828. The Morgan fingerprint density at radius 1 is 1.25 bits per heavy atom.